The molecule has 0 bridgehead atoms. The fraction of sp³-hybridized carbons (Fsp3) is 0.364. The Kier molecular flexibility index (Phi) is 2.92. The third-order valence-electron chi connectivity index (χ3n) is 2.60. The van der Waals surface area contributed by atoms with E-state index in [9.17, 15) is 4.39 Å². The van der Waals surface area contributed by atoms with Crippen molar-refractivity contribution in [3.05, 3.63) is 28.0 Å². The number of nitrogens with zero attached hydrogens (tertiary/aromatic N) is 2. The SMILES string of the molecule is N#Cc1cc(Br)c(N2CCCC2)cc1F. The monoisotopic (exact) mass is 268 g/mol. The van der Waals surface area contributed by atoms with Crippen LogP contribution < -0.4 is 4.90 Å². The highest BCUT2D eigenvalue weighted by Gasteiger charge is 2.17. The summed E-state index contributed by atoms with van der Waals surface area (Å²) in [5, 5.41) is 8.67. The molecule has 2 nitrogen and oxygen atoms in total. The Labute approximate surface area is 96.4 Å². The molecule has 0 spiro atoms. The van der Waals surface area contributed by atoms with Gasteiger partial charge in [-0.3, -0.25) is 0 Å². The summed E-state index contributed by atoms with van der Waals surface area (Å²) < 4.78 is 14.2. The molecule has 1 aliphatic rings. The molecule has 1 heterocycles. The lowest BCUT2D eigenvalue weighted by Gasteiger charge is -2.19. The van der Waals surface area contributed by atoms with Gasteiger partial charge in [0.25, 0.3) is 0 Å². The molecule has 0 radical (unpaired) electrons. The number of halogens is 2. The van der Waals surface area contributed by atoms with Crippen molar-refractivity contribution in [2.45, 2.75) is 12.8 Å². The van der Waals surface area contributed by atoms with Crippen LogP contribution in [0.3, 0.4) is 0 Å². The van der Waals surface area contributed by atoms with E-state index in [0.29, 0.717) is 0 Å². The van der Waals surface area contributed by atoms with Crippen LogP contribution in [-0.2, 0) is 0 Å². The zero-order chi connectivity index (χ0) is 10.8. The van der Waals surface area contributed by atoms with Crippen molar-refractivity contribution >= 4 is 21.6 Å². The molecule has 2 rings (SSSR count). The van der Waals surface area contributed by atoms with Gasteiger partial charge < -0.3 is 4.90 Å². The van der Waals surface area contributed by atoms with Gasteiger partial charge in [0.05, 0.1) is 11.3 Å². The first-order valence-corrected chi connectivity index (χ1v) is 5.66. The molecule has 1 aromatic carbocycles. The Bertz CT molecular complexity index is 419. The lowest BCUT2D eigenvalue weighted by Crippen LogP contribution is -2.18. The van der Waals surface area contributed by atoms with Gasteiger partial charge in [-0.15, -0.1) is 0 Å². The van der Waals surface area contributed by atoms with Gasteiger partial charge in [0, 0.05) is 17.6 Å². The van der Waals surface area contributed by atoms with Gasteiger partial charge in [0.1, 0.15) is 11.9 Å². The van der Waals surface area contributed by atoms with Crippen molar-refractivity contribution in [2.75, 3.05) is 18.0 Å². The molecule has 0 aromatic heterocycles. The summed E-state index contributed by atoms with van der Waals surface area (Å²) in [6.45, 7) is 1.92. The number of rotatable bonds is 1. The van der Waals surface area contributed by atoms with E-state index in [2.05, 4.69) is 20.8 Å². The van der Waals surface area contributed by atoms with E-state index in [-0.39, 0.29) is 5.56 Å². The lowest BCUT2D eigenvalue weighted by molar-refractivity contribution is 0.623. The fourth-order valence-corrected chi connectivity index (χ4v) is 2.42. The van der Waals surface area contributed by atoms with Crippen LogP contribution >= 0.6 is 15.9 Å². The van der Waals surface area contributed by atoms with Crippen LogP contribution in [0.15, 0.2) is 16.6 Å². The fourth-order valence-electron chi connectivity index (χ4n) is 1.82. The quantitative estimate of drug-likeness (QED) is 0.783. The second-order valence-electron chi connectivity index (χ2n) is 3.59. The second-order valence-corrected chi connectivity index (χ2v) is 4.44. The molecule has 0 aliphatic carbocycles. The van der Waals surface area contributed by atoms with Crippen molar-refractivity contribution in [2.24, 2.45) is 0 Å². The minimum Gasteiger partial charge on any atom is -0.371 e. The van der Waals surface area contributed by atoms with Crippen molar-refractivity contribution < 1.29 is 4.39 Å². The molecule has 0 unspecified atom stereocenters. The van der Waals surface area contributed by atoms with Crippen LogP contribution in [0.2, 0.25) is 0 Å². The summed E-state index contributed by atoms with van der Waals surface area (Å²) in [7, 11) is 0. The van der Waals surface area contributed by atoms with E-state index in [1.807, 2.05) is 6.07 Å². The van der Waals surface area contributed by atoms with Crippen LogP contribution in [0.25, 0.3) is 0 Å². The van der Waals surface area contributed by atoms with Crippen molar-refractivity contribution in [3.8, 4) is 6.07 Å². The van der Waals surface area contributed by atoms with Gasteiger partial charge in [-0.2, -0.15) is 5.26 Å². The Morgan fingerprint density at radius 2 is 2.00 bits per heavy atom. The molecule has 0 atom stereocenters. The number of anilines is 1. The second kappa shape index (κ2) is 4.19. The third kappa shape index (κ3) is 1.98. The van der Waals surface area contributed by atoms with Crippen molar-refractivity contribution in [3.63, 3.8) is 0 Å². The largest absolute Gasteiger partial charge is 0.371 e. The zero-order valence-corrected chi connectivity index (χ0v) is 9.72. The molecule has 0 amide bonds. The normalized spacial score (nSPS) is 15.4. The van der Waals surface area contributed by atoms with E-state index in [0.717, 1.165) is 36.1 Å². The minimum absolute atomic E-state index is 0.0878. The Morgan fingerprint density at radius 1 is 1.33 bits per heavy atom. The molecule has 1 fully saturated rings. The lowest BCUT2D eigenvalue weighted by atomic mass is 10.2. The molecule has 15 heavy (non-hydrogen) atoms. The molecular weight excluding hydrogens is 259 g/mol. The molecule has 78 valence electrons. The van der Waals surface area contributed by atoms with Gasteiger partial charge in [-0.1, -0.05) is 0 Å². The van der Waals surface area contributed by atoms with Gasteiger partial charge in [-0.25, -0.2) is 4.39 Å². The number of hydrogen-bond donors (Lipinski definition) is 0. The van der Waals surface area contributed by atoms with Gasteiger partial charge in [0.2, 0.25) is 0 Å². The van der Waals surface area contributed by atoms with E-state index in [4.69, 9.17) is 5.26 Å². The highest BCUT2D eigenvalue weighted by molar-refractivity contribution is 9.10. The zero-order valence-electron chi connectivity index (χ0n) is 8.13. The molecule has 4 heteroatoms. The summed E-state index contributed by atoms with van der Waals surface area (Å²) in [6, 6.07) is 4.81. The first-order valence-electron chi connectivity index (χ1n) is 4.86. The van der Waals surface area contributed by atoms with E-state index in [1.165, 1.54) is 6.07 Å². The van der Waals surface area contributed by atoms with E-state index < -0.39 is 5.82 Å². The van der Waals surface area contributed by atoms with Gasteiger partial charge in [-0.05, 0) is 40.9 Å². The molecular formula is C11H10BrFN2. The first-order chi connectivity index (χ1) is 7.22. The maximum atomic E-state index is 13.4. The Hall–Kier alpha value is -1.08. The smallest absolute Gasteiger partial charge is 0.143 e. The van der Waals surface area contributed by atoms with Gasteiger partial charge >= 0.3 is 0 Å². The van der Waals surface area contributed by atoms with Crippen molar-refractivity contribution in [1.29, 1.82) is 5.26 Å². The third-order valence-corrected chi connectivity index (χ3v) is 3.24. The van der Waals surface area contributed by atoms with E-state index >= 15 is 0 Å². The number of benzene rings is 1. The summed E-state index contributed by atoms with van der Waals surface area (Å²) >= 11 is 3.37. The summed E-state index contributed by atoms with van der Waals surface area (Å²) in [5.41, 5.74) is 0.939. The predicted molar refractivity (Wildman–Crippen MR) is 60.3 cm³/mol. The average molecular weight is 269 g/mol. The van der Waals surface area contributed by atoms with Crippen LogP contribution in [0.4, 0.5) is 10.1 Å². The first kappa shape index (κ1) is 10.4. The topological polar surface area (TPSA) is 27.0 Å². The molecule has 1 saturated heterocycles. The Morgan fingerprint density at radius 3 is 2.60 bits per heavy atom. The Balaban J connectivity index is 2.40. The highest BCUT2D eigenvalue weighted by Crippen LogP contribution is 2.31. The number of nitriles is 1. The van der Waals surface area contributed by atoms with E-state index in [1.54, 1.807) is 6.07 Å². The van der Waals surface area contributed by atoms with Crippen molar-refractivity contribution in [1.82, 2.24) is 0 Å². The summed E-state index contributed by atoms with van der Waals surface area (Å²) in [5.74, 6) is -0.442. The maximum absolute atomic E-state index is 13.4. The maximum Gasteiger partial charge on any atom is 0.143 e. The average Bonchev–Trinajstić information content (AvgIpc) is 2.74. The summed E-state index contributed by atoms with van der Waals surface area (Å²) in [6.07, 6.45) is 2.29. The van der Waals surface area contributed by atoms with Gasteiger partial charge in [0.15, 0.2) is 0 Å². The minimum atomic E-state index is -0.442. The highest BCUT2D eigenvalue weighted by atomic mass is 79.9. The molecule has 1 aromatic rings. The van der Waals surface area contributed by atoms with Crippen LogP contribution in [-0.4, -0.2) is 13.1 Å². The summed E-state index contributed by atoms with van der Waals surface area (Å²) in [4.78, 5) is 2.13. The molecule has 1 aliphatic heterocycles. The predicted octanol–water partition coefficient (Wildman–Crippen LogP) is 3.06. The molecule has 0 saturated carbocycles. The molecule has 0 N–H and O–H groups in total. The number of hydrogen-bond acceptors (Lipinski definition) is 2. The van der Waals surface area contributed by atoms with Crippen LogP contribution in [0, 0.1) is 17.1 Å². The standard InChI is InChI=1S/C11H10BrFN2/c12-9-5-8(7-14)10(13)6-11(9)15-3-1-2-4-15/h5-6H,1-4H2. The van der Waals surface area contributed by atoms with Crippen LogP contribution in [0.5, 0.6) is 0 Å². The van der Waals surface area contributed by atoms with Crippen LogP contribution in [0.1, 0.15) is 18.4 Å².